The Morgan fingerprint density at radius 1 is 1.30 bits per heavy atom. The van der Waals surface area contributed by atoms with E-state index in [2.05, 4.69) is 18.6 Å². The molecule has 1 rings (SSSR count). The van der Waals surface area contributed by atoms with Crippen molar-refractivity contribution in [2.45, 2.75) is 39.5 Å². The average molecular weight is 288 g/mol. The smallest absolute Gasteiger partial charge is 0.403 e. The minimum atomic E-state index is -4.94. The van der Waals surface area contributed by atoms with Crippen molar-refractivity contribution in [3.05, 3.63) is 29.1 Å². The topological polar surface area (TPSA) is 9.23 Å². The molecule has 0 saturated heterocycles. The van der Waals surface area contributed by atoms with Crippen LogP contribution < -0.4 is 4.74 Å². The molecule has 0 unspecified atom stereocenters. The van der Waals surface area contributed by atoms with Crippen LogP contribution in [0.5, 0.6) is 5.75 Å². The summed E-state index contributed by atoms with van der Waals surface area (Å²) in [5, 5.41) is 0. The van der Waals surface area contributed by atoms with Crippen molar-refractivity contribution in [3.8, 4) is 18.1 Å². The first-order valence-corrected chi connectivity index (χ1v) is 6.27. The molecule has 0 bridgehead atoms. The van der Waals surface area contributed by atoms with Crippen LogP contribution in [0.15, 0.2) is 12.1 Å². The number of aryl methyl sites for hydroxylation is 1. The predicted molar refractivity (Wildman–Crippen MR) is 68.8 cm³/mol. The van der Waals surface area contributed by atoms with Gasteiger partial charge in [-0.25, -0.2) is 4.39 Å². The number of hydrogen-bond acceptors (Lipinski definition) is 1. The SMILES string of the molecule is C#Cc1cc(CCCC(C)C)cc(OC(F)(F)F)c1F. The zero-order valence-corrected chi connectivity index (χ0v) is 11.4. The summed E-state index contributed by atoms with van der Waals surface area (Å²) in [6.07, 6.45) is 2.41. The molecule has 0 fully saturated rings. The van der Waals surface area contributed by atoms with Crippen molar-refractivity contribution in [3.63, 3.8) is 0 Å². The Morgan fingerprint density at radius 2 is 1.95 bits per heavy atom. The maximum absolute atomic E-state index is 13.7. The van der Waals surface area contributed by atoms with E-state index < -0.39 is 17.9 Å². The van der Waals surface area contributed by atoms with Gasteiger partial charge < -0.3 is 4.74 Å². The molecule has 0 amide bonds. The van der Waals surface area contributed by atoms with E-state index in [1.165, 1.54) is 6.07 Å². The summed E-state index contributed by atoms with van der Waals surface area (Å²) in [5.74, 6) is 0.509. The fraction of sp³-hybridized carbons (Fsp3) is 0.467. The van der Waals surface area contributed by atoms with E-state index in [1.807, 2.05) is 5.92 Å². The summed E-state index contributed by atoms with van der Waals surface area (Å²) in [6.45, 7) is 4.10. The van der Waals surface area contributed by atoms with Crippen molar-refractivity contribution < 1.29 is 22.3 Å². The molecule has 0 saturated carbocycles. The van der Waals surface area contributed by atoms with Crippen LogP contribution in [-0.2, 0) is 6.42 Å². The molecule has 0 atom stereocenters. The van der Waals surface area contributed by atoms with Gasteiger partial charge in [0.25, 0.3) is 0 Å². The third-order valence-electron chi connectivity index (χ3n) is 2.73. The van der Waals surface area contributed by atoms with Gasteiger partial charge in [0.05, 0.1) is 5.56 Å². The first-order chi connectivity index (χ1) is 9.23. The molecule has 0 aromatic heterocycles. The monoisotopic (exact) mass is 288 g/mol. The Kier molecular flexibility index (Phi) is 5.43. The molecular weight excluding hydrogens is 272 g/mol. The van der Waals surface area contributed by atoms with Gasteiger partial charge in [0, 0.05) is 0 Å². The minimum Gasteiger partial charge on any atom is -0.403 e. The van der Waals surface area contributed by atoms with E-state index in [1.54, 1.807) is 0 Å². The van der Waals surface area contributed by atoms with Gasteiger partial charge in [-0.2, -0.15) is 0 Å². The molecule has 20 heavy (non-hydrogen) atoms. The third-order valence-corrected chi connectivity index (χ3v) is 2.73. The zero-order valence-electron chi connectivity index (χ0n) is 11.4. The molecule has 1 aromatic rings. The summed E-state index contributed by atoms with van der Waals surface area (Å²) in [5.41, 5.74) is 0.325. The molecule has 1 nitrogen and oxygen atoms in total. The number of rotatable bonds is 5. The number of alkyl halides is 3. The standard InChI is InChI=1S/C15H16F4O/c1-4-12-8-11(7-5-6-10(2)3)9-13(14(12)16)20-15(17,18)19/h1,8-10H,5-7H2,2-3H3. The Hall–Kier alpha value is -1.70. The summed E-state index contributed by atoms with van der Waals surface area (Å²) in [4.78, 5) is 0. The van der Waals surface area contributed by atoms with Crippen LogP contribution in [0.25, 0.3) is 0 Å². The molecule has 0 radical (unpaired) electrons. The van der Waals surface area contributed by atoms with Gasteiger partial charge in [-0.1, -0.05) is 26.2 Å². The fourth-order valence-corrected chi connectivity index (χ4v) is 1.82. The zero-order chi connectivity index (χ0) is 15.3. The summed E-state index contributed by atoms with van der Waals surface area (Å²) in [7, 11) is 0. The van der Waals surface area contributed by atoms with Gasteiger partial charge >= 0.3 is 6.36 Å². The molecule has 5 heteroatoms. The van der Waals surface area contributed by atoms with E-state index in [4.69, 9.17) is 6.42 Å². The number of hydrogen-bond donors (Lipinski definition) is 0. The molecule has 0 heterocycles. The van der Waals surface area contributed by atoms with Crippen LogP contribution in [0, 0.1) is 24.1 Å². The Labute approximate surface area is 115 Å². The van der Waals surface area contributed by atoms with Crippen molar-refractivity contribution in [1.82, 2.24) is 0 Å². The van der Waals surface area contributed by atoms with Crippen LogP contribution in [0.1, 0.15) is 37.8 Å². The highest BCUT2D eigenvalue weighted by Gasteiger charge is 2.33. The first-order valence-electron chi connectivity index (χ1n) is 6.27. The number of terminal acetylenes is 1. The molecule has 0 aliphatic rings. The van der Waals surface area contributed by atoms with Gasteiger partial charge in [-0.15, -0.1) is 19.6 Å². The highest BCUT2D eigenvalue weighted by Crippen LogP contribution is 2.29. The summed E-state index contributed by atoms with van der Waals surface area (Å²) < 4.78 is 54.0. The molecule has 0 spiro atoms. The fourth-order valence-electron chi connectivity index (χ4n) is 1.82. The van der Waals surface area contributed by atoms with Crippen molar-refractivity contribution in [1.29, 1.82) is 0 Å². The van der Waals surface area contributed by atoms with Crippen LogP contribution >= 0.6 is 0 Å². The van der Waals surface area contributed by atoms with Crippen LogP contribution in [0.3, 0.4) is 0 Å². The third kappa shape index (κ3) is 5.12. The molecule has 110 valence electrons. The van der Waals surface area contributed by atoms with E-state index >= 15 is 0 Å². The highest BCUT2D eigenvalue weighted by atomic mass is 19.4. The second-order valence-electron chi connectivity index (χ2n) is 4.93. The van der Waals surface area contributed by atoms with Crippen LogP contribution in [0.2, 0.25) is 0 Å². The lowest BCUT2D eigenvalue weighted by Gasteiger charge is -2.13. The molecule has 1 aromatic carbocycles. The minimum absolute atomic E-state index is 0.216. The van der Waals surface area contributed by atoms with Crippen LogP contribution in [0.4, 0.5) is 17.6 Å². The summed E-state index contributed by atoms with van der Waals surface area (Å²) >= 11 is 0. The lowest BCUT2D eigenvalue weighted by atomic mass is 10.0. The van der Waals surface area contributed by atoms with Crippen molar-refractivity contribution in [2.75, 3.05) is 0 Å². The van der Waals surface area contributed by atoms with Gasteiger partial charge in [0.2, 0.25) is 0 Å². The van der Waals surface area contributed by atoms with Gasteiger partial charge in [-0.3, -0.25) is 0 Å². The number of benzene rings is 1. The lowest BCUT2D eigenvalue weighted by molar-refractivity contribution is -0.275. The molecular formula is C15H16F4O. The van der Waals surface area contributed by atoms with E-state index in [-0.39, 0.29) is 5.56 Å². The molecule has 0 aliphatic carbocycles. The largest absolute Gasteiger partial charge is 0.573 e. The van der Waals surface area contributed by atoms with Gasteiger partial charge in [0.15, 0.2) is 11.6 Å². The Morgan fingerprint density at radius 3 is 2.45 bits per heavy atom. The predicted octanol–water partition coefficient (Wildman–Crippen LogP) is 4.68. The second-order valence-corrected chi connectivity index (χ2v) is 4.93. The lowest BCUT2D eigenvalue weighted by Crippen LogP contribution is -2.18. The maximum Gasteiger partial charge on any atom is 0.573 e. The Balaban J connectivity index is 2.97. The van der Waals surface area contributed by atoms with Gasteiger partial charge in [0.1, 0.15) is 0 Å². The normalized spacial score (nSPS) is 11.5. The number of ether oxygens (including phenoxy) is 1. The number of halogens is 4. The average Bonchev–Trinajstić information content (AvgIpc) is 2.30. The van der Waals surface area contributed by atoms with Crippen molar-refractivity contribution in [2.24, 2.45) is 5.92 Å². The quantitative estimate of drug-likeness (QED) is 0.564. The maximum atomic E-state index is 13.7. The first kappa shape index (κ1) is 16.4. The van der Waals surface area contributed by atoms with Gasteiger partial charge in [-0.05, 0) is 36.5 Å². The molecule has 0 aliphatic heterocycles. The van der Waals surface area contributed by atoms with E-state index in [0.29, 0.717) is 17.9 Å². The summed E-state index contributed by atoms with van der Waals surface area (Å²) in [6, 6.07) is 2.45. The van der Waals surface area contributed by atoms with Crippen LogP contribution in [-0.4, -0.2) is 6.36 Å². The highest BCUT2D eigenvalue weighted by molar-refractivity contribution is 5.44. The van der Waals surface area contributed by atoms with E-state index in [0.717, 1.165) is 18.9 Å². The van der Waals surface area contributed by atoms with E-state index in [9.17, 15) is 17.6 Å². The second kappa shape index (κ2) is 6.65. The van der Waals surface area contributed by atoms with Crippen molar-refractivity contribution >= 4 is 0 Å². The molecule has 0 N–H and O–H groups in total. The Bertz CT molecular complexity index is 498.